The standard InChI is InChI=1S/C14H16N2O2/c1-3-13-12(14(17)18)8-15-16(13)9-11-7-5-4-6-10(11)2/h4-8H,3,9H2,1-2H3,(H,17,18). The fourth-order valence-corrected chi connectivity index (χ4v) is 2.05. The summed E-state index contributed by atoms with van der Waals surface area (Å²) < 4.78 is 1.77. The van der Waals surface area contributed by atoms with Crippen LogP contribution in [0, 0.1) is 6.92 Å². The van der Waals surface area contributed by atoms with E-state index in [-0.39, 0.29) is 0 Å². The number of aromatic nitrogens is 2. The Morgan fingerprint density at radius 3 is 2.72 bits per heavy atom. The topological polar surface area (TPSA) is 55.1 Å². The van der Waals surface area contributed by atoms with E-state index in [9.17, 15) is 4.79 Å². The molecule has 4 heteroatoms. The van der Waals surface area contributed by atoms with Gasteiger partial charge in [-0.3, -0.25) is 4.68 Å². The van der Waals surface area contributed by atoms with Crippen LogP contribution in [0.4, 0.5) is 0 Å². The van der Waals surface area contributed by atoms with Gasteiger partial charge in [0.15, 0.2) is 0 Å². The number of hydrogen-bond acceptors (Lipinski definition) is 2. The van der Waals surface area contributed by atoms with Gasteiger partial charge in [-0.05, 0) is 24.5 Å². The predicted molar refractivity (Wildman–Crippen MR) is 68.8 cm³/mol. The van der Waals surface area contributed by atoms with Crippen molar-refractivity contribution >= 4 is 5.97 Å². The van der Waals surface area contributed by atoms with Crippen molar-refractivity contribution in [2.24, 2.45) is 0 Å². The van der Waals surface area contributed by atoms with Crippen molar-refractivity contribution in [2.75, 3.05) is 0 Å². The third kappa shape index (κ3) is 2.27. The van der Waals surface area contributed by atoms with Gasteiger partial charge in [-0.25, -0.2) is 4.79 Å². The lowest BCUT2D eigenvalue weighted by Crippen LogP contribution is -2.09. The molecule has 0 saturated carbocycles. The van der Waals surface area contributed by atoms with E-state index in [0.717, 1.165) is 11.3 Å². The Hall–Kier alpha value is -2.10. The summed E-state index contributed by atoms with van der Waals surface area (Å²) >= 11 is 0. The van der Waals surface area contributed by atoms with Crippen LogP contribution < -0.4 is 0 Å². The van der Waals surface area contributed by atoms with Gasteiger partial charge >= 0.3 is 5.97 Å². The van der Waals surface area contributed by atoms with E-state index >= 15 is 0 Å². The van der Waals surface area contributed by atoms with E-state index in [0.29, 0.717) is 18.5 Å². The second kappa shape index (κ2) is 5.04. The zero-order chi connectivity index (χ0) is 13.1. The molecule has 0 aliphatic carbocycles. The van der Waals surface area contributed by atoms with Crippen molar-refractivity contribution in [2.45, 2.75) is 26.8 Å². The second-order valence-corrected chi connectivity index (χ2v) is 4.25. The molecule has 0 radical (unpaired) electrons. The monoisotopic (exact) mass is 244 g/mol. The zero-order valence-electron chi connectivity index (χ0n) is 10.6. The maximum atomic E-state index is 11.1. The molecule has 0 spiro atoms. The maximum absolute atomic E-state index is 11.1. The summed E-state index contributed by atoms with van der Waals surface area (Å²) in [4.78, 5) is 11.1. The minimum Gasteiger partial charge on any atom is -0.478 e. The number of benzene rings is 1. The van der Waals surface area contributed by atoms with Gasteiger partial charge in [-0.15, -0.1) is 0 Å². The van der Waals surface area contributed by atoms with Gasteiger partial charge in [0.25, 0.3) is 0 Å². The summed E-state index contributed by atoms with van der Waals surface area (Å²) in [6.45, 7) is 4.60. The second-order valence-electron chi connectivity index (χ2n) is 4.25. The third-order valence-corrected chi connectivity index (χ3v) is 3.10. The molecule has 0 unspecified atom stereocenters. The summed E-state index contributed by atoms with van der Waals surface area (Å²) in [6.07, 6.45) is 2.09. The van der Waals surface area contributed by atoms with E-state index < -0.39 is 5.97 Å². The average Bonchev–Trinajstić information content (AvgIpc) is 2.75. The predicted octanol–water partition coefficient (Wildman–Crippen LogP) is 2.50. The van der Waals surface area contributed by atoms with Gasteiger partial charge in [-0.1, -0.05) is 31.2 Å². The first kappa shape index (κ1) is 12.4. The molecular weight excluding hydrogens is 228 g/mol. The van der Waals surface area contributed by atoms with Crippen LogP contribution in [-0.2, 0) is 13.0 Å². The van der Waals surface area contributed by atoms with Crippen LogP contribution in [0.1, 0.15) is 34.1 Å². The number of aryl methyl sites for hydroxylation is 1. The highest BCUT2D eigenvalue weighted by Crippen LogP contribution is 2.14. The van der Waals surface area contributed by atoms with Crippen molar-refractivity contribution in [1.29, 1.82) is 0 Å². The molecule has 2 rings (SSSR count). The summed E-state index contributed by atoms with van der Waals surface area (Å²) in [5.41, 5.74) is 3.41. The lowest BCUT2D eigenvalue weighted by atomic mass is 10.1. The molecule has 0 saturated heterocycles. The van der Waals surface area contributed by atoms with Crippen LogP contribution in [0.3, 0.4) is 0 Å². The number of rotatable bonds is 4. The molecule has 4 nitrogen and oxygen atoms in total. The highest BCUT2D eigenvalue weighted by molar-refractivity contribution is 5.88. The fourth-order valence-electron chi connectivity index (χ4n) is 2.05. The molecule has 0 atom stereocenters. The molecule has 1 aromatic heterocycles. The minimum absolute atomic E-state index is 0.297. The van der Waals surface area contributed by atoms with Gasteiger partial charge in [0.1, 0.15) is 5.56 Å². The highest BCUT2D eigenvalue weighted by atomic mass is 16.4. The Morgan fingerprint density at radius 2 is 2.11 bits per heavy atom. The smallest absolute Gasteiger partial charge is 0.339 e. The van der Waals surface area contributed by atoms with Gasteiger partial charge in [0.05, 0.1) is 18.4 Å². The van der Waals surface area contributed by atoms with Crippen molar-refractivity contribution in [3.63, 3.8) is 0 Å². The fraction of sp³-hybridized carbons (Fsp3) is 0.286. The van der Waals surface area contributed by atoms with Crippen molar-refractivity contribution < 1.29 is 9.90 Å². The van der Waals surface area contributed by atoms with E-state index in [4.69, 9.17) is 5.11 Å². The van der Waals surface area contributed by atoms with E-state index in [2.05, 4.69) is 5.10 Å². The molecule has 0 aliphatic rings. The van der Waals surface area contributed by atoms with Gasteiger partial charge in [-0.2, -0.15) is 5.10 Å². The van der Waals surface area contributed by atoms with Crippen LogP contribution in [0.25, 0.3) is 0 Å². The Bertz CT molecular complexity index is 573. The normalized spacial score (nSPS) is 10.6. The highest BCUT2D eigenvalue weighted by Gasteiger charge is 2.15. The first-order chi connectivity index (χ1) is 8.63. The third-order valence-electron chi connectivity index (χ3n) is 3.10. The molecule has 0 fully saturated rings. The molecule has 1 heterocycles. The van der Waals surface area contributed by atoms with Crippen LogP contribution >= 0.6 is 0 Å². The zero-order valence-corrected chi connectivity index (χ0v) is 10.6. The van der Waals surface area contributed by atoms with E-state index in [1.807, 2.05) is 38.1 Å². The first-order valence-corrected chi connectivity index (χ1v) is 5.96. The largest absolute Gasteiger partial charge is 0.478 e. The van der Waals surface area contributed by atoms with Crippen LogP contribution in [0.15, 0.2) is 30.5 Å². The summed E-state index contributed by atoms with van der Waals surface area (Å²) in [6, 6.07) is 8.06. The number of aromatic carboxylic acids is 1. The van der Waals surface area contributed by atoms with E-state index in [1.165, 1.54) is 11.8 Å². The van der Waals surface area contributed by atoms with Crippen molar-refractivity contribution in [3.8, 4) is 0 Å². The molecule has 0 amide bonds. The minimum atomic E-state index is -0.914. The summed E-state index contributed by atoms with van der Waals surface area (Å²) in [5, 5.41) is 13.3. The van der Waals surface area contributed by atoms with Gasteiger partial charge in [0.2, 0.25) is 0 Å². The number of carboxylic acid groups (broad SMARTS) is 1. The Kier molecular flexibility index (Phi) is 3.46. The van der Waals surface area contributed by atoms with Crippen LogP contribution in [0.2, 0.25) is 0 Å². The lowest BCUT2D eigenvalue weighted by Gasteiger charge is -2.09. The first-order valence-electron chi connectivity index (χ1n) is 5.96. The lowest BCUT2D eigenvalue weighted by molar-refractivity contribution is 0.0695. The molecule has 2 aromatic rings. The van der Waals surface area contributed by atoms with Crippen molar-refractivity contribution in [1.82, 2.24) is 9.78 Å². The average molecular weight is 244 g/mol. The molecular formula is C14H16N2O2. The number of carbonyl (C=O) groups is 1. The van der Waals surface area contributed by atoms with Crippen LogP contribution in [-0.4, -0.2) is 20.9 Å². The summed E-state index contributed by atoms with van der Waals surface area (Å²) in [5.74, 6) is -0.914. The van der Waals surface area contributed by atoms with E-state index in [1.54, 1.807) is 4.68 Å². The molecule has 1 N–H and O–H groups in total. The SMILES string of the molecule is CCc1c(C(=O)O)cnn1Cc1ccccc1C. The number of hydrogen-bond donors (Lipinski definition) is 1. The Labute approximate surface area is 106 Å². The maximum Gasteiger partial charge on any atom is 0.339 e. The molecule has 0 aliphatic heterocycles. The van der Waals surface area contributed by atoms with Gasteiger partial charge < -0.3 is 5.11 Å². The summed E-state index contributed by atoms with van der Waals surface area (Å²) in [7, 11) is 0. The van der Waals surface area contributed by atoms with Crippen molar-refractivity contribution in [3.05, 3.63) is 52.8 Å². The molecule has 94 valence electrons. The Morgan fingerprint density at radius 1 is 1.39 bits per heavy atom. The number of nitrogens with zero attached hydrogens (tertiary/aromatic N) is 2. The molecule has 18 heavy (non-hydrogen) atoms. The molecule has 0 bridgehead atoms. The molecule has 1 aromatic carbocycles. The van der Waals surface area contributed by atoms with Crippen LogP contribution in [0.5, 0.6) is 0 Å². The quantitative estimate of drug-likeness (QED) is 0.899. The van der Waals surface area contributed by atoms with Gasteiger partial charge in [0, 0.05) is 0 Å². The number of carboxylic acids is 1. The Balaban J connectivity index is 2.35.